The molecule has 1 aliphatic heterocycles. The van der Waals surface area contributed by atoms with Gasteiger partial charge in [-0.05, 0) is 36.8 Å². The molecule has 0 aliphatic carbocycles. The van der Waals surface area contributed by atoms with E-state index in [0.717, 1.165) is 17.2 Å². The van der Waals surface area contributed by atoms with Crippen LogP contribution in [0.25, 0.3) is 17.3 Å². The molecule has 7 heteroatoms. The predicted molar refractivity (Wildman–Crippen MR) is 113 cm³/mol. The van der Waals surface area contributed by atoms with Gasteiger partial charge in [-0.25, -0.2) is 0 Å². The average Bonchev–Trinajstić information content (AvgIpc) is 3.15. The van der Waals surface area contributed by atoms with Crippen molar-refractivity contribution in [1.82, 2.24) is 14.8 Å². The maximum absolute atomic E-state index is 12.6. The number of pyridine rings is 1. The Kier molecular flexibility index (Phi) is 5.66. The molecule has 3 heterocycles. The summed E-state index contributed by atoms with van der Waals surface area (Å²) in [5, 5.41) is 4.65. The minimum absolute atomic E-state index is 0.184. The highest BCUT2D eigenvalue weighted by Gasteiger charge is 2.36. The number of allylic oxidation sites excluding steroid dienone is 3. The normalized spacial score (nSPS) is 16.3. The first kappa shape index (κ1) is 20.2. The smallest absolute Gasteiger partial charge is 0.329 e. The first-order valence-electron chi connectivity index (χ1n) is 9.69. The summed E-state index contributed by atoms with van der Waals surface area (Å²) in [4.78, 5) is 40.8. The lowest BCUT2D eigenvalue weighted by Crippen LogP contribution is -2.34. The second kappa shape index (κ2) is 8.71. The van der Waals surface area contributed by atoms with Gasteiger partial charge in [0, 0.05) is 35.8 Å². The third-order valence-electron chi connectivity index (χ3n) is 4.75. The van der Waals surface area contributed by atoms with Crippen LogP contribution in [-0.2, 0) is 25.7 Å². The molecule has 0 fully saturated rings. The molecule has 0 spiro atoms. The molecule has 31 heavy (non-hydrogen) atoms. The maximum Gasteiger partial charge on any atom is 0.329 e. The van der Waals surface area contributed by atoms with Crippen molar-refractivity contribution in [2.75, 3.05) is 0 Å². The zero-order valence-electron chi connectivity index (χ0n) is 16.8. The molecule has 7 nitrogen and oxygen atoms in total. The molecule has 1 unspecified atom stereocenters. The Hall–Kier alpha value is -4.13. The molecule has 154 valence electrons. The van der Waals surface area contributed by atoms with E-state index in [0.29, 0.717) is 17.8 Å². The van der Waals surface area contributed by atoms with Crippen LogP contribution in [0.3, 0.4) is 0 Å². The molecular formula is C24H19N3O4. The SMILES string of the molecule is CC1=CC(=O)C(C(=O)/C=C/c2cn(Cc3ccccc3)nc2-c2cccnc2)C(=O)O1. The number of rotatable bonds is 6. The van der Waals surface area contributed by atoms with E-state index in [1.807, 2.05) is 42.6 Å². The molecule has 0 radical (unpaired) electrons. The van der Waals surface area contributed by atoms with Gasteiger partial charge in [0.1, 0.15) is 11.5 Å². The minimum Gasteiger partial charge on any atom is -0.430 e. The van der Waals surface area contributed by atoms with E-state index in [4.69, 9.17) is 4.74 Å². The van der Waals surface area contributed by atoms with Crippen LogP contribution in [0.2, 0.25) is 0 Å². The number of carbonyl (C=O) groups is 3. The summed E-state index contributed by atoms with van der Waals surface area (Å²) in [6.07, 6.45) is 9.11. The number of benzene rings is 1. The van der Waals surface area contributed by atoms with Gasteiger partial charge in [0.2, 0.25) is 0 Å². The number of nitrogens with zero attached hydrogens (tertiary/aromatic N) is 3. The molecule has 1 aliphatic rings. The van der Waals surface area contributed by atoms with E-state index in [2.05, 4.69) is 10.1 Å². The van der Waals surface area contributed by atoms with Gasteiger partial charge in [0.25, 0.3) is 0 Å². The second-order valence-corrected chi connectivity index (χ2v) is 7.11. The summed E-state index contributed by atoms with van der Waals surface area (Å²) < 4.78 is 6.70. The monoisotopic (exact) mass is 413 g/mol. The number of carbonyl (C=O) groups excluding carboxylic acids is 3. The van der Waals surface area contributed by atoms with E-state index in [9.17, 15) is 14.4 Å². The standard InChI is InChI=1S/C24H19N3O4/c1-16-12-21(29)22(24(30)31-16)20(28)10-9-19-15-27(14-17-6-3-2-4-7-17)26-23(19)18-8-5-11-25-13-18/h2-13,15,22H,14H2,1H3/b10-9+. The molecule has 0 N–H and O–H groups in total. The average molecular weight is 413 g/mol. The zero-order valence-corrected chi connectivity index (χ0v) is 16.8. The number of ketones is 2. The number of ether oxygens (including phenoxy) is 1. The molecule has 1 atom stereocenters. The summed E-state index contributed by atoms with van der Waals surface area (Å²) in [6.45, 7) is 2.04. The van der Waals surface area contributed by atoms with Crippen molar-refractivity contribution in [3.05, 3.63) is 90.1 Å². The van der Waals surface area contributed by atoms with Crippen LogP contribution in [-0.4, -0.2) is 32.3 Å². The molecule has 1 aromatic carbocycles. The van der Waals surface area contributed by atoms with Gasteiger partial charge >= 0.3 is 5.97 Å². The third-order valence-corrected chi connectivity index (χ3v) is 4.75. The summed E-state index contributed by atoms with van der Waals surface area (Å²) in [6, 6.07) is 13.5. The summed E-state index contributed by atoms with van der Waals surface area (Å²) >= 11 is 0. The maximum atomic E-state index is 12.6. The highest BCUT2D eigenvalue weighted by atomic mass is 16.5. The fourth-order valence-electron chi connectivity index (χ4n) is 3.31. The molecule has 0 bridgehead atoms. The largest absolute Gasteiger partial charge is 0.430 e. The number of esters is 1. The van der Waals surface area contributed by atoms with Gasteiger partial charge in [-0.15, -0.1) is 0 Å². The number of aromatic nitrogens is 3. The summed E-state index contributed by atoms with van der Waals surface area (Å²) in [5.74, 6) is -3.35. The Bertz CT molecular complexity index is 1190. The number of cyclic esters (lactones) is 1. The molecule has 0 saturated carbocycles. The molecular weight excluding hydrogens is 394 g/mol. The Labute approximate surface area is 178 Å². The molecule has 2 aromatic heterocycles. The number of hydrogen-bond acceptors (Lipinski definition) is 6. The van der Waals surface area contributed by atoms with Crippen LogP contribution < -0.4 is 0 Å². The van der Waals surface area contributed by atoms with Gasteiger partial charge in [0.05, 0.1) is 6.54 Å². The Morgan fingerprint density at radius 3 is 2.68 bits per heavy atom. The first-order valence-corrected chi connectivity index (χ1v) is 9.69. The third kappa shape index (κ3) is 4.56. The first-order chi connectivity index (χ1) is 15.0. The van der Waals surface area contributed by atoms with Crippen LogP contribution in [0.4, 0.5) is 0 Å². The van der Waals surface area contributed by atoms with Crippen molar-refractivity contribution < 1.29 is 19.1 Å². The van der Waals surface area contributed by atoms with Crippen molar-refractivity contribution >= 4 is 23.6 Å². The second-order valence-electron chi connectivity index (χ2n) is 7.11. The predicted octanol–water partition coefficient (Wildman–Crippen LogP) is 3.22. The fraction of sp³-hybridized carbons (Fsp3) is 0.125. The topological polar surface area (TPSA) is 91.1 Å². The van der Waals surface area contributed by atoms with Crippen molar-refractivity contribution in [3.63, 3.8) is 0 Å². The lowest BCUT2D eigenvalue weighted by Gasteiger charge is -2.15. The van der Waals surface area contributed by atoms with Crippen LogP contribution in [0.15, 0.2) is 79.0 Å². The molecule has 0 amide bonds. The van der Waals surface area contributed by atoms with Gasteiger partial charge in [-0.2, -0.15) is 5.10 Å². The van der Waals surface area contributed by atoms with E-state index in [-0.39, 0.29) is 5.76 Å². The van der Waals surface area contributed by atoms with Gasteiger partial charge in [0.15, 0.2) is 17.5 Å². The quantitative estimate of drug-likeness (QED) is 0.350. The summed E-state index contributed by atoms with van der Waals surface area (Å²) in [7, 11) is 0. The Morgan fingerprint density at radius 2 is 1.97 bits per heavy atom. The van der Waals surface area contributed by atoms with Crippen molar-refractivity contribution in [3.8, 4) is 11.3 Å². The van der Waals surface area contributed by atoms with Crippen LogP contribution in [0.5, 0.6) is 0 Å². The minimum atomic E-state index is -1.47. The van der Waals surface area contributed by atoms with Crippen LogP contribution in [0.1, 0.15) is 18.1 Å². The van der Waals surface area contributed by atoms with Gasteiger partial charge in [-0.1, -0.05) is 30.3 Å². The summed E-state index contributed by atoms with van der Waals surface area (Å²) in [5.41, 5.74) is 3.17. The van der Waals surface area contributed by atoms with E-state index < -0.39 is 23.5 Å². The van der Waals surface area contributed by atoms with Gasteiger partial charge < -0.3 is 4.74 Å². The Morgan fingerprint density at radius 1 is 1.16 bits per heavy atom. The van der Waals surface area contributed by atoms with Gasteiger partial charge in [-0.3, -0.25) is 24.0 Å². The fourth-order valence-corrected chi connectivity index (χ4v) is 3.31. The van der Waals surface area contributed by atoms with E-state index in [1.165, 1.54) is 13.0 Å². The molecule has 4 rings (SSSR count). The van der Waals surface area contributed by atoms with Crippen molar-refractivity contribution in [2.45, 2.75) is 13.5 Å². The molecule has 0 saturated heterocycles. The molecule has 3 aromatic rings. The lowest BCUT2D eigenvalue weighted by atomic mass is 9.96. The van der Waals surface area contributed by atoms with Crippen molar-refractivity contribution in [2.24, 2.45) is 5.92 Å². The van der Waals surface area contributed by atoms with Crippen LogP contribution in [0, 0.1) is 5.92 Å². The van der Waals surface area contributed by atoms with E-state index >= 15 is 0 Å². The Balaban J connectivity index is 1.64. The van der Waals surface area contributed by atoms with Crippen LogP contribution >= 0.6 is 0 Å². The highest BCUT2D eigenvalue weighted by Crippen LogP contribution is 2.24. The van der Waals surface area contributed by atoms with E-state index in [1.54, 1.807) is 29.2 Å². The highest BCUT2D eigenvalue weighted by molar-refractivity contribution is 6.25. The van der Waals surface area contributed by atoms with Crippen molar-refractivity contribution in [1.29, 1.82) is 0 Å². The zero-order chi connectivity index (χ0) is 21.8. The number of hydrogen-bond donors (Lipinski definition) is 0. The lowest BCUT2D eigenvalue weighted by molar-refractivity contribution is -0.151.